The van der Waals surface area contributed by atoms with Crippen molar-refractivity contribution in [3.05, 3.63) is 82.9 Å². The topological polar surface area (TPSA) is 56.8 Å². The van der Waals surface area contributed by atoms with Crippen LogP contribution in [0.4, 0.5) is 0 Å². The first kappa shape index (κ1) is 38.7. The van der Waals surface area contributed by atoms with Gasteiger partial charge in [0.15, 0.2) is 0 Å². The van der Waals surface area contributed by atoms with Gasteiger partial charge in [0.2, 0.25) is 0 Å². The van der Waals surface area contributed by atoms with E-state index < -0.39 is 0 Å². The number of rotatable bonds is 20. The van der Waals surface area contributed by atoms with Crippen molar-refractivity contribution in [2.24, 2.45) is 23.7 Å². The van der Waals surface area contributed by atoms with Crippen LogP contribution in [0.1, 0.15) is 165 Å². The molecule has 2 aliphatic carbocycles. The summed E-state index contributed by atoms with van der Waals surface area (Å²) < 4.78 is 6.36. The summed E-state index contributed by atoms with van der Waals surface area (Å²) in [7, 11) is 0. The number of hydrogen-bond acceptors (Lipinski definition) is 3. The van der Waals surface area contributed by atoms with Gasteiger partial charge in [0, 0.05) is 0 Å². The highest BCUT2D eigenvalue weighted by Crippen LogP contribution is 2.41. The molecule has 2 aromatic carbocycles. The Hall–Kier alpha value is -3.14. The number of unbranched alkanes of at least 4 members (excludes halogenated alkanes) is 8. The quantitative estimate of drug-likeness (QED) is 0.133. The van der Waals surface area contributed by atoms with Crippen molar-refractivity contribution < 1.29 is 4.74 Å². The summed E-state index contributed by atoms with van der Waals surface area (Å²) in [5, 5.41) is 18.8. The second kappa shape index (κ2) is 22.6. The number of hydrogen-bond donors (Lipinski definition) is 0. The van der Waals surface area contributed by atoms with E-state index in [1.54, 1.807) is 0 Å². The van der Waals surface area contributed by atoms with Crippen molar-refractivity contribution in [3.8, 4) is 12.1 Å². The van der Waals surface area contributed by atoms with Crippen LogP contribution in [0.5, 0.6) is 0 Å². The van der Waals surface area contributed by atoms with Crippen molar-refractivity contribution in [3.63, 3.8) is 0 Å². The molecule has 0 aromatic heterocycles. The first-order valence-electron chi connectivity index (χ1n) is 20.1. The summed E-state index contributed by atoms with van der Waals surface area (Å²) in [4.78, 5) is 0. The van der Waals surface area contributed by atoms with Crippen LogP contribution in [-0.2, 0) is 4.74 Å². The third kappa shape index (κ3) is 13.3. The number of allylic oxidation sites excluding steroid dienone is 2. The lowest BCUT2D eigenvalue weighted by Gasteiger charge is -2.31. The SMILES string of the molecule is CCCCCCCC1CCC(C(=CCOCC=C(c2ccc(C#N)cc2)C2CCC(CCCCCCC)CC2)c2ccc(C#N)cc2)CC1. The predicted octanol–water partition coefficient (Wildman–Crippen LogP) is 13.2. The normalized spacial score (nSPS) is 21.6. The molecule has 2 fully saturated rings. The van der Waals surface area contributed by atoms with Crippen molar-refractivity contribution in [2.75, 3.05) is 13.2 Å². The minimum Gasteiger partial charge on any atom is -0.373 e. The molecular weight excluding hydrogens is 597 g/mol. The maximum atomic E-state index is 9.38. The Balaban J connectivity index is 1.37. The van der Waals surface area contributed by atoms with Gasteiger partial charge in [-0.05, 0) is 122 Å². The lowest BCUT2D eigenvalue weighted by molar-refractivity contribution is 0.193. The first-order valence-corrected chi connectivity index (χ1v) is 20.1. The van der Waals surface area contributed by atoms with E-state index in [1.807, 2.05) is 24.3 Å². The van der Waals surface area contributed by atoms with E-state index in [1.165, 1.54) is 151 Å². The molecular formula is C46H64N2O. The first-order chi connectivity index (χ1) is 24.1. The van der Waals surface area contributed by atoms with E-state index in [9.17, 15) is 10.5 Å². The molecule has 0 radical (unpaired) electrons. The van der Waals surface area contributed by atoms with E-state index in [4.69, 9.17) is 4.74 Å². The maximum absolute atomic E-state index is 9.38. The molecule has 3 nitrogen and oxygen atoms in total. The molecule has 0 unspecified atom stereocenters. The molecule has 0 amide bonds. The predicted molar refractivity (Wildman–Crippen MR) is 207 cm³/mol. The second-order valence-corrected chi connectivity index (χ2v) is 15.1. The van der Waals surface area contributed by atoms with Gasteiger partial charge in [-0.3, -0.25) is 0 Å². The third-order valence-corrected chi connectivity index (χ3v) is 11.5. The molecule has 4 rings (SSSR count). The summed E-state index contributed by atoms with van der Waals surface area (Å²) in [6.07, 6.45) is 31.4. The number of nitriles is 2. The molecule has 0 aliphatic heterocycles. The largest absolute Gasteiger partial charge is 0.373 e. The van der Waals surface area contributed by atoms with E-state index in [-0.39, 0.29) is 0 Å². The van der Waals surface area contributed by atoms with Gasteiger partial charge >= 0.3 is 0 Å². The van der Waals surface area contributed by atoms with Gasteiger partial charge < -0.3 is 4.74 Å². The zero-order valence-corrected chi connectivity index (χ0v) is 30.9. The van der Waals surface area contributed by atoms with Gasteiger partial charge in [-0.15, -0.1) is 0 Å². The Morgan fingerprint density at radius 1 is 0.551 bits per heavy atom. The summed E-state index contributed by atoms with van der Waals surface area (Å²) >= 11 is 0. The molecule has 49 heavy (non-hydrogen) atoms. The van der Waals surface area contributed by atoms with Gasteiger partial charge in [0.25, 0.3) is 0 Å². The van der Waals surface area contributed by atoms with Crippen LogP contribution >= 0.6 is 0 Å². The smallest absolute Gasteiger partial charge is 0.0991 e. The van der Waals surface area contributed by atoms with Crippen molar-refractivity contribution in [2.45, 2.75) is 142 Å². The minimum absolute atomic E-state index is 0.555. The van der Waals surface area contributed by atoms with Crippen LogP contribution in [0.2, 0.25) is 0 Å². The molecule has 0 heterocycles. The molecule has 0 spiro atoms. The Kier molecular flexibility index (Phi) is 17.8. The molecule has 0 atom stereocenters. The Morgan fingerprint density at radius 2 is 0.918 bits per heavy atom. The zero-order valence-electron chi connectivity index (χ0n) is 30.9. The zero-order chi connectivity index (χ0) is 34.5. The average Bonchev–Trinajstić information content (AvgIpc) is 3.15. The lowest BCUT2D eigenvalue weighted by Crippen LogP contribution is -2.17. The molecule has 0 saturated heterocycles. The Morgan fingerprint density at radius 3 is 1.27 bits per heavy atom. The van der Waals surface area contributed by atoms with Gasteiger partial charge in [0.05, 0.1) is 36.5 Å². The number of ether oxygens (including phenoxy) is 1. The standard InChI is InChI=1S/C46H64N2O/c1-3-5-7-9-11-13-37-15-23-41(24-16-37)45(43-27-19-39(35-47)20-28-43)31-33-49-34-32-46(44-29-21-40(36-48)22-30-44)42-25-17-38(18-26-42)14-12-10-8-6-4-2/h19-22,27-32,37-38,41-42H,3-18,23-26,33-34H2,1-2H3. The fourth-order valence-electron chi connectivity index (χ4n) is 8.48. The van der Waals surface area contributed by atoms with Gasteiger partial charge in [-0.2, -0.15) is 10.5 Å². The molecule has 2 aromatic rings. The highest BCUT2D eigenvalue weighted by atomic mass is 16.5. The van der Waals surface area contributed by atoms with Crippen LogP contribution in [0, 0.1) is 46.3 Å². The van der Waals surface area contributed by atoms with Gasteiger partial charge in [0.1, 0.15) is 0 Å². The molecule has 2 aliphatic rings. The van der Waals surface area contributed by atoms with Crippen LogP contribution in [0.15, 0.2) is 60.7 Å². The van der Waals surface area contributed by atoms with Crippen LogP contribution in [-0.4, -0.2) is 13.2 Å². The van der Waals surface area contributed by atoms with Crippen molar-refractivity contribution in [1.82, 2.24) is 0 Å². The highest BCUT2D eigenvalue weighted by molar-refractivity contribution is 5.69. The fraction of sp³-hybridized carbons (Fsp3) is 0.609. The monoisotopic (exact) mass is 661 g/mol. The maximum Gasteiger partial charge on any atom is 0.0991 e. The van der Waals surface area contributed by atoms with E-state index in [2.05, 4.69) is 62.4 Å². The average molecular weight is 661 g/mol. The minimum atomic E-state index is 0.555. The van der Waals surface area contributed by atoms with E-state index >= 15 is 0 Å². The van der Waals surface area contributed by atoms with Gasteiger partial charge in [-0.1, -0.05) is 127 Å². The van der Waals surface area contributed by atoms with E-state index in [0.29, 0.717) is 36.2 Å². The third-order valence-electron chi connectivity index (χ3n) is 11.5. The molecule has 0 bridgehead atoms. The summed E-state index contributed by atoms with van der Waals surface area (Å²) in [6.45, 7) is 5.77. The summed E-state index contributed by atoms with van der Waals surface area (Å²) in [5.41, 5.74) is 6.70. The van der Waals surface area contributed by atoms with E-state index in [0.717, 1.165) is 11.8 Å². The molecule has 3 heteroatoms. The van der Waals surface area contributed by atoms with Crippen molar-refractivity contribution >= 4 is 11.1 Å². The fourth-order valence-corrected chi connectivity index (χ4v) is 8.48. The summed E-state index contributed by atoms with van der Waals surface area (Å²) in [6, 6.07) is 20.9. The molecule has 0 N–H and O–H groups in total. The van der Waals surface area contributed by atoms with Crippen molar-refractivity contribution in [1.29, 1.82) is 10.5 Å². The molecule has 264 valence electrons. The van der Waals surface area contributed by atoms with Crippen LogP contribution < -0.4 is 0 Å². The van der Waals surface area contributed by atoms with Crippen LogP contribution in [0.25, 0.3) is 11.1 Å². The Labute approximate surface area is 299 Å². The molecule has 2 saturated carbocycles. The number of benzene rings is 2. The second-order valence-electron chi connectivity index (χ2n) is 15.1. The summed E-state index contributed by atoms with van der Waals surface area (Å²) in [5.74, 6) is 2.87. The van der Waals surface area contributed by atoms with Crippen LogP contribution in [0.3, 0.4) is 0 Å². The number of nitrogens with zero attached hydrogens (tertiary/aromatic N) is 2. The highest BCUT2D eigenvalue weighted by Gasteiger charge is 2.26. The Bertz CT molecular complexity index is 1230. The lowest BCUT2D eigenvalue weighted by atomic mass is 9.75. The van der Waals surface area contributed by atoms with Gasteiger partial charge in [-0.25, -0.2) is 0 Å².